The average molecular weight is 351 g/mol. The maximum Gasteiger partial charge on any atom is 0.171 e. The number of hydrogen-bond donors (Lipinski definition) is 0. The quantitative estimate of drug-likeness (QED) is 0.769. The summed E-state index contributed by atoms with van der Waals surface area (Å²) in [6.45, 7) is 2.99. The first-order chi connectivity index (χ1) is 11.1. The maximum atomic E-state index is 11.6. The van der Waals surface area contributed by atoms with Gasteiger partial charge >= 0.3 is 0 Å². The molecule has 0 aliphatic carbocycles. The van der Waals surface area contributed by atoms with Crippen LogP contribution in [-0.4, -0.2) is 28.9 Å². The lowest BCUT2D eigenvalue weighted by atomic mass is 10.1. The van der Waals surface area contributed by atoms with Crippen molar-refractivity contribution in [1.82, 2.24) is 14.8 Å². The fourth-order valence-electron chi connectivity index (χ4n) is 2.71. The molecule has 1 aliphatic heterocycles. The summed E-state index contributed by atoms with van der Waals surface area (Å²) in [5.41, 5.74) is 0. The molecule has 2 aromatic heterocycles. The molecular weight excluding hydrogens is 330 g/mol. The number of allylic oxidation sites excluding steroid dienone is 1. The molecular formula is C16H21N3O2S2. The second-order valence-electron chi connectivity index (χ2n) is 5.90. The van der Waals surface area contributed by atoms with E-state index in [-0.39, 0.29) is 11.7 Å². The van der Waals surface area contributed by atoms with Crippen molar-refractivity contribution in [3.63, 3.8) is 0 Å². The van der Waals surface area contributed by atoms with Crippen LogP contribution < -0.4 is 0 Å². The van der Waals surface area contributed by atoms with Gasteiger partial charge in [0.15, 0.2) is 15.7 Å². The van der Waals surface area contributed by atoms with E-state index in [1.807, 2.05) is 10.7 Å². The van der Waals surface area contributed by atoms with Crippen LogP contribution in [0.2, 0.25) is 0 Å². The molecule has 124 valence electrons. The van der Waals surface area contributed by atoms with E-state index in [4.69, 9.17) is 0 Å². The number of aryl methyl sites for hydroxylation is 1. The fourth-order valence-corrected chi connectivity index (χ4v) is 4.81. The summed E-state index contributed by atoms with van der Waals surface area (Å²) in [4.78, 5) is 5.92. The van der Waals surface area contributed by atoms with Crippen LogP contribution in [0.15, 0.2) is 29.0 Å². The molecule has 0 unspecified atom stereocenters. The molecule has 0 N–H and O–H groups in total. The Hall–Kier alpha value is -1.47. The summed E-state index contributed by atoms with van der Waals surface area (Å²) in [6, 6.07) is 4.12. The van der Waals surface area contributed by atoms with Gasteiger partial charge in [-0.2, -0.15) is 5.10 Å². The van der Waals surface area contributed by atoms with Gasteiger partial charge in [0.2, 0.25) is 0 Å². The third kappa shape index (κ3) is 4.29. The Bertz CT molecular complexity index is 776. The zero-order valence-electron chi connectivity index (χ0n) is 13.2. The SMILES string of the molecule is CCCCn1nc(Cc2cccs2)nc1C[C@@H]1C=CS(=O)(=O)C1. The van der Waals surface area contributed by atoms with Crippen LogP contribution in [0.4, 0.5) is 0 Å². The average Bonchev–Trinajstić information content (AvgIpc) is 3.20. The molecule has 0 amide bonds. The van der Waals surface area contributed by atoms with Gasteiger partial charge in [0.25, 0.3) is 0 Å². The van der Waals surface area contributed by atoms with Crippen molar-refractivity contribution in [1.29, 1.82) is 0 Å². The molecule has 0 saturated heterocycles. The van der Waals surface area contributed by atoms with Crippen molar-refractivity contribution in [3.8, 4) is 0 Å². The van der Waals surface area contributed by atoms with Gasteiger partial charge in [-0.1, -0.05) is 25.5 Å². The predicted molar refractivity (Wildman–Crippen MR) is 92.2 cm³/mol. The smallest absolute Gasteiger partial charge is 0.171 e. The molecule has 23 heavy (non-hydrogen) atoms. The van der Waals surface area contributed by atoms with Crippen LogP contribution in [0.1, 0.15) is 36.3 Å². The Morgan fingerprint density at radius 2 is 2.30 bits per heavy atom. The number of nitrogens with zero attached hydrogens (tertiary/aromatic N) is 3. The number of sulfone groups is 1. The second-order valence-corrected chi connectivity index (χ2v) is 8.86. The first-order valence-corrected chi connectivity index (χ1v) is 10.5. The van der Waals surface area contributed by atoms with Crippen LogP contribution >= 0.6 is 11.3 Å². The lowest BCUT2D eigenvalue weighted by Crippen LogP contribution is -2.13. The predicted octanol–water partition coefficient (Wildman–Crippen LogP) is 2.83. The first-order valence-electron chi connectivity index (χ1n) is 7.91. The van der Waals surface area contributed by atoms with Crippen LogP contribution in [0.3, 0.4) is 0 Å². The molecule has 3 heterocycles. The van der Waals surface area contributed by atoms with Crippen LogP contribution in [0.25, 0.3) is 0 Å². The zero-order chi connectivity index (χ0) is 16.3. The van der Waals surface area contributed by atoms with E-state index in [1.165, 1.54) is 10.3 Å². The lowest BCUT2D eigenvalue weighted by Gasteiger charge is -2.08. The molecule has 0 radical (unpaired) electrons. The second kappa shape index (κ2) is 6.97. The van der Waals surface area contributed by atoms with Gasteiger partial charge in [-0.3, -0.25) is 0 Å². The standard InChI is InChI=1S/C16H21N3O2S2/c1-2-3-7-19-16(10-13-6-9-23(20,21)12-13)17-15(18-19)11-14-5-4-8-22-14/h4-6,8-9,13H,2-3,7,10-12H2,1H3/t13-/m0/s1. The number of thiophene rings is 1. The van der Waals surface area contributed by atoms with Crippen LogP contribution in [-0.2, 0) is 29.2 Å². The van der Waals surface area contributed by atoms with Gasteiger partial charge in [-0.05, 0) is 23.8 Å². The molecule has 1 atom stereocenters. The zero-order valence-corrected chi connectivity index (χ0v) is 14.8. The Balaban J connectivity index is 1.76. The molecule has 3 rings (SSSR count). The van der Waals surface area contributed by atoms with Crippen molar-refractivity contribution in [2.75, 3.05) is 5.75 Å². The highest BCUT2D eigenvalue weighted by atomic mass is 32.2. The Morgan fingerprint density at radius 1 is 1.43 bits per heavy atom. The molecule has 0 saturated carbocycles. The largest absolute Gasteiger partial charge is 0.250 e. The molecule has 2 aromatic rings. The first kappa shape index (κ1) is 16.4. The van der Waals surface area contributed by atoms with Gasteiger partial charge in [0, 0.05) is 29.7 Å². The summed E-state index contributed by atoms with van der Waals surface area (Å²) >= 11 is 1.70. The monoisotopic (exact) mass is 351 g/mol. The summed E-state index contributed by atoms with van der Waals surface area (Å²) in [5, 5.41) is 8.02. The van der Waals surface area contributed by atoms with Crippen LogP contribution in [0.5, 0.6) is 0 Å². The molecule has 1 aliphatic rings. The van der Waals surface area contributed by atoms with E-state index in [0.29, 0.717) is 6.42 Å². The normalized spacial score (nSPS) is 19.4. The van der Waals surface area contributed by atoms with Gasteiger partial charge in [0.05, 0.1) is 5.75 Å². The molecule has 5 nitrogen and oxygen atoms in total. The third-order valence-corrected chi connectivity index (χ3v) is 6.22. The fraction of sp³-hybridized carbons (Fsp3) is 0.500. The minimum Gasteiger partial charge on any atom is -0.250 e. The molecule has 7 heteroatoms. The van der Waals surface area contributed by atoms with Crippen molar-refractivity contribution in [2.24, 2.45) is 5.92 Å². The van der Waals surface area contributed by atoms with E-state index in [1.54, 1.807) is 17.4 Å². The molecule has 0 spiro atoms. The van der Waals surface area contributed by atoms with Crippen LogP contribution in [0, 0.1) is 5.92 Å². The Kier molecular flexibility index (Phi) is 4.96. The Labute approximate surface area is 141 Å². The van der Waals surface area contributed by atoms with Crippen molar-refractivity contribution >= 4 is 21.2 Å². The highest BCUT2D eigenvalue weighted by molar-refractivity contribution is 7.94. The summed E-state index contributed by atoms with van der Waals surface area (Å²) < 4.78 is 25.1. The Morgan fingerprint density at radius 3 is 2.96 bits per heavy atom. The highest BCUT2D eigenvalue weighted by Crippen LogP contribution is 2.20. The van der Waals surface area contributed by atoms with E-state index in [0.717, 1.165) is 37.5 Å². The van der Waals surface area contributed by atoms with Crippen molar-refractivity contribution in [3.05, 3.63) is 45.5 Å². The van der Waals surface area contributed by atoms with Gasteiger partial charge in [0.1, 0.15) is 5.82 Å². The summed E-state index contributed by atoms with van der Waals surface area (Å²) in [7, 11) is -3.02. The summed E-state index contributed by atoms with van der Waals surface area (Å²) in [6.07, 6.45) is 5.30. The van der Waals surface area contributed by atoms with Gasteiger partial charge in [-0.15, -0.1) is 11.3 Å². The highest BCUT2D eigenvalue weighted by Gasteiger charge is 2.24. The van der Waals surface area contributed by atoms with E-state index < -0.39 is 9.84 Å². The van der Waals surface area contributed by atoms with Gasteiger partial charge < -0.3 is 0 Å². The lowest BCUT2D eigenvalue weighted by molar-refractivity contribution is 0.525. The molecule has 0 aromatic carbocycles. The van der Waals surface area contributed by atoms with Crippen molar-refractivity contribution in [2.45, 2.75) is 39.2 Å². The van der Waals surface area contributed by atoms with E-state index >= 15 is 0 Å². The van der Waals surface area contributed by atoms with Gasteiger partial charge in [-0.25, -0.2) is 18.1 Å². The number of hydrogen-bond acceptors (Lipinski definition) is 5. The minimum absolute atomic E-state index is 0.0131. The van der Waals surface area contributed by atoms with E-state index in [9.17, 15) is 8.42 Å². The number of unbranched alkanes of at least 4 members (excludes halogenated alkanes) is 1. The third-order valence-electron chi connectivity index (χ3n) is 3.88. The van der Waals surface area contributed by atoms with Crippen molar-refractivity contribution < 1.29 is 8.42 Å². The number of aromatic nitrogens is 3. The topological polar surface area (TPSA) is 64.8 Å². The number of rotatable bonds is 7. The molecule has 0 fully saturated rings. The maximum absolute atomic E-state index is 11.6. The molecule has 0 bridgehead atoms. The summed E-state index contributed by atoms with van der Waals surface area (Å²) in [5.74, 6) is 1.92. The minimum atomic E-state index is -3.02. The van der Waals surface area contributed by atoms with E-state index in [2.05, 4.69) is 28.5 Å².